The fourth-order valence-electron chi connectivity index (χ4n) is 1.09. The molecule has 2 N–H and O–H groups in total. The molecule has 2 nitrogen and oxygen atoms in total. The van der Waals surface area contributed by atoms with Crippen LogP contribution in [-0.2, 0) is 0 Å². The lowest BCUT2D eigenvalue weighted by atomic mass is 10.1. The Bertz CT molecular complexity index is 303. The van der Waals surface area contributed by atoms with Gasteiger partial charge in [-0.05, 0) is 0 Å². The molecule has 0 aliphatic rings. The van der Waals surface area contributed by atoms with Crippen molar-refractivity contribution in [2.75, 3.05) is 0 Å². The summed E-state index contributed by atoms with van der Waals surface area (Å²) in [6.07, 6.45) is -0.295. The van der Waals surface area contributed by atoms with Gasteiger partial charge >= 0.3 is 0 Å². The highest BCUT2D eigenvalue weighted by Gasteiger charge is 2.18. The predicted molar refractivity (Wildman–Crippen MR) is 59.1 cm³/mol. The topological polar surface area (TPSA) is 38.9 Å². The van der Waals surface area contributed by atoms with E-state index in [-0.39, 0.29) is 22.5 Å². The fourth-order valence-corrected chi connectivity index (χ4v) is 1.73. The molecule has 1 rings (SSSR count). The Kier molecular flexibility index (Phi) is 6.36. The summed E-state index contributed by atoms with van der Waals surface area (Å²) in [6, 6.07) is -0.863. The molecule has 7 heteroatoms. The van der Waals surface area contributed by atoms with Gasteiger partial charge in [0.1, 0.15) is 0 Å². The molecule has 1 atom stereocenters. The van der Waals surface area contributed by atoms with E-state index in [1.165, 1.54) is 12.4 Å². The lowest BCUT2D eigenvalue weighted by Gasteiger charge is -2.14. The number of hydrogen-bond acceptors (Lipinski definition) is 2. The summed E-state index contributed by atoms with van der Waals surface area (Å²) in [5, 5.41) is 0.427. The molecule has 1 aromatic heterocycles. The standard InChI is InChI=1S/C8H8Cl2F2N2.ClH/c9-4-2-14-3-5(10)8(4)6(13)1-7(11)12;/h2-3,6-7H,1,13H2;1H/t6-;/m1./s1. The van der Waals surface area contributed by atoms with Crippen molar-refractivity contribution in [2.45, 2.75) is 18.9 Å². The maximum Gasteiger partial charge on any atom is 0.240 e. The van der Waals surface area contributed by atoms with E-state index in [0.717, 1.165) is 0 Å². The molecule has 0 bridgehead atoms. The lowest BCUT2D eigenvalue weighted by molar-refractivity contribution is 0.128. The van der Waals surface area contributed by atoms with Crippen LogP contribution in [0, 0.1) is 0 Å². The van der Waals surface area contributed by atoms with Crippen LogP contribution < -0.4 is 5.73 Å². The molecule has 0 saturated heterocycles. The number of nitrogens with two attached hydrogens (primary N) is 1. The number of nitrogens with zero attached hydrogens (tertiary/aromatic N) is 1. The second-order valence-corrected chi connectivity index (χ2v) is 3.56. The van der Waals surface area contributed by atoms with Gasteiger partial charge in [-0.2, -0.15) is 0 Å². The summed E-state index contributed by atoms with van der Waals surface area (Å²) < 4.78 is 24.1. The zero-order valence-electron chi connectivity index (χ0n) is 7.46. The molecule has 0 unspecified atom stereocenters. The Morgan fingerprint density at radius 2 is 1.73 bits per heavy atom. The molecule has 0 spiro atoms. The Hall–Kier alpha value is -0.160. The second-order valence-electron chi connectivity index (χ2n) is 2.75. The first-order chi connectivity index (χ1) is 6.52. The molecule has 0 aromatic carbocycles. The third kappa shape index (κ3) is 4.07. The number of pyridine rings is 1. The maximum absolute atomic E-state index is 12.1. The second kappa shape index (κ2) is 6.43. The molecule has 0 fully saturated rings. The smallest absolute Gasteiger partial charge is 0.240 e. The molecule has 0 aliphatic carbocycles. The molecule has 15 heavy (non-hydrogen) atoms. The van der Waals surface area contributed by atoms with Gasteiger partial charge in [0.05, 0.1) is 10.0 Å². The lowest BCUT2D eigenvalue weighted by Crippen LogP contribution is -2.15. The zero-order chi connectivity index (χ0) is 10.7. The van der Waals surface area contributed by atoms with Crippen molar-refractivity contribution in [1.29, 1.82) is 0 Å². The molecule has 0 aliphatic heterocycles. The van der Waals surface area contributed by atoms with Gasteiger partial charge < -0.3 is 5.73 Å². The molecule has 1 heterocycles. The van der Waals surface area contributed by atoms with Crippen LogP contribution in [0.5, 0.6) is 0 Å². The minimum absolute atomic E-state index is 0. The molecular weight excluding hydrogens is 268 g/mol. The van der Waals surface area contributed by atoms with Crippen molar-refractivity contribution in [3.05, 3.63) is 28.0 Å². The third-order valence-electron chi connectivity index (χ3n) is 1.69. The minimum atomic E-state index is -2.48. The number of rotatable bonds is 3. The number of alkyl halides is 2. The monoisotopic (exact) mass is 276 g/mol. The Labute approximate surface area is 102 Å². The zero-order valence-corrected chi connectivity index (χ0v) is 9.79. The van der Waals surface area contributed by atoms with Gasteiger partial charge in [-0.15, -0.1) is 12.4 Å². The van der Waals surface area contributed by atoms with Gasteiger partial charge in [0.15, 0.2) is 0 Å². The van der Waals surface area contributed by atoms with E-state index in [4.69, 9.17) is 28.9 Å². The van der Waals surface area contributed by atoms with Crippen molar-refractivity contribution in [1.82, 2.24) is 4.98 Å². The van der Waals surface area contributed by atoms with E-state index in [0.29, 0.717) is 5.56 Å². The van der Waals surface area contributed by atoms with E-state index in [2.05, 4.69) is 4.98 Å². The van der Waals surface area contributed by atoms with Crippen LogP contribution in [0.3, 0.4) is 0 Å². The highest BCUT2D eigenvalue weighted by molar-refractivity contribution is 6.35. The van der Waals surface area contributed by atoms with Crippen molar-refractivity contribution >= 4 is 35.6 Å². The van der Waals surface area contributed by atoms with Gasteiger partial charge in [0, 0.05) is 30.4 Å². The van der Waals surface area contributed by atoms with Crippen LogP contribution >= 0.6 is 35.6 Å². The van der Waals surface area contributed by atoms with E-state index in [1.807, 2.05) is 0 Å². The van der Waals surface area contributed by atoms with Crippen LogP contribution in [0.2, 0.25) is 10.0 Å². The van der Waals surface area contributed by atoms with Crippen molar-refractivity contribution in [2.24, 2.45) is 5.73 Å². The highest BCUT2D eigenvalue weighted by atomic mass is 35.5. The van der Waals surface area contributed by atoms with E-state index in [1.54, 1.807) is 0 Å². The molecule has 1 aromatic rings. The predicted octanol–water partition coefficient (Wildman–Crippen LogP) is 3.47. The van der Waals surface area contributed by atoms with Gasteiger partial charge in [-0.25, -0.2) is 8.78 Å². The minimum Gasteiger partial charge on any atom is -0.324 e. The summed E-state index contributed by atoms with van der Waals surface area (Å²) in [5.41, 5.74) is 5.84. The van der Waals surface area contributed by atoms with Crippen molar-refractivity contribution in [3.63, 3.8) is 0 Å². The first-order valence-electron chi connectivity index (χ1n) is 3.85. The van der Waals surface area contributed by atoms with Gasteiger partial charge in [0.25, 0.3) is 0 Å². The van der Waals surface area contributed by atoms with E-state index >= 15 is 0 Å². The summed E-state index contributed by atoms with van der Waals surface area (Å²) in [5.74, 6) is 0. The Balaban J connectivity index is 0.00000196. The SMILES string of the molecule is Cl.N[C@H](CC(F)F)c1c(Cl)cncc1Cl. The van der Waals surface area contributed by atoms with Gasteiger partial charge in [0.2, 0.25) is 6.43 Å². The third-order valence-corrected chi connectivity index (χ3v) is 2.30. The van der Waals surface area contributed by atoms with Crippen molar-refractivity contribution in [3.8, 4) is 0 Å². The first kappa shape index (κ1) is 14.8. The molecular formula is C8H9Cl3F2N2. The maximum atomic E-state index is 12.1. The molecule has 0 saturated carbocycles. The van der Waals surface area contributed by atoms with Crippen molar-refractivity contribution < 1.29 is 8.78 Å². The van der Waals surface area contributed by atoms with Crippen LogP contribution in [0.25, 0.3) is 0 Å². The Morgan fingerprint density at radius 1 is 1.27 bits per heavy atom. The highest BCUT2D eigenvalue weighted by Crippen LogP contribution is 2.30. The normalized spacial score (nSPS) is 12.4. The van der Waals surface area contributed by atoms with E-state index in [9.17, 15) is 8.78 Å². The number of aromatic nitrogens is 1. The van der Waals surface area contributed by atoms with Gasteiger partial charge in [-0.3, -0.25) is 4.98 Å². The first-order valence-corrected chi connectivity index (χ1v) is 4.60. The average molecular weight is 278 g/mol. The quantitative estimate of drug-likeness (QED) is 0.919. The molecule has 0 amide bonds. The summed E-state index contributed by atoms with van der Waals surface area (Å²) >= 11 is 11.5. The van der Waals surface area contributed by atoms with Crippen LogP contribution in [0.4, 0.5) is 8.78 Å². The van der Waals surface area contributed by atoms with Gasteiger partial charge in [-0.1, -0.05) is 23.2 Å². The fraction of sp³-hybridized carbons (Fsp3) is 0.375. The molecule has 0 radical (unpaired) electrons. The summed E-state index contributed by atoms with van der Waals surface area (Å²) in [6.45, 7) is 0. The summed E-state index contributed by atoms with van der Waals surface area (Å²) in [4.78, 5) is 3.70. The average Bonchev–Trinajstić information content (AvgIpc) is 2.01. The summed E-state index contributed by atoms with van der Waals surface area (Å²) in [7, 11) is 0. The number of hydrogen-bond donors (Lipinski definition) is 1. The van der Waals surface area contributed by atoms with E-state index < -0.39 is 18.9 Å². The molecule has 86 valence electrons. The van der Waals surface area contributed by atoms with Crippen LogP contribution in [0.15, 0.2) is 12.4 Å². The number of halogens is 5. The van der Waals surface area contributed by atoms with Crippen LogP contribution in [0.1, 0.15) is 18.0 Å². The van der Waals surface area contributed by atoms with Crippen LogP contribution in [-0.4, -0.2) is 11.4 Å². The Morgan fingerprint density at radius 3 is 2.13 bits per heavy atom. The largest absolute Gasteiger partial charge is 0.324 e.